The van der Waals surface area contributed by atoms with E-state index in [-0.39, 0.29) is 24.8 Å². The van der Waals surface area contributed by atoms with Crippen LogP contribution in [0.1, 0.15) is 69.7 Å². The quantitative estimate of drug-likeness (QED) is 0.130. The van der Waals surface area contributed by atoms with Gasteiger partial charge < -0.3 is 45.2 Å². The van der Waals surface area contributed by atoms with Gasteiger partial charge in [-0.15, -0.1) is 0 Å². The van der Waals surface area contributed by atoms with Gasteiger partial charge in [-0.1, -0.05) is 51.6 Å². The first-order valence-corrected chi connectivity index (χ1v) is 15.0. The molecule has 45 heavy (non-hydrogen) atoms. The second-order valence-corrected chi connectivity index (χ2v) is 10.6. The average molecular weight is 692 g/mol. The number of halogens is 3. The van der Waals surface area contributed by atoms with Crippen molar-refractivity contribution in [3.63, 3.8) is 0 Å². The summed E-state index contributed by atoms with van der Waals surface area (Å²) in [6, 6.07) is 0.710. The highest BCUT2D eigenvalue weighted by molar-refractivity contribution is 6.35. The maximum absolute atomic E-state index is 10.9. The zero-order valence-corrected chi connectivity index (χ0v) is 29.4. The summed E-state index contributed by atoms with van der Waals surface area (Å²) in [5, 5.41) is 36.5. The lowest BCUT2D eigenvalue weighted by atomic mass is 10.2. The number of carbonyl (C=O) groups is 1. The zero-order valence-electron chi connectivity index (χ0n) is 27.1. The number of imidazole rings is 3. The number of phenols is 2. The van der Waals surface area contributed by atoms with E-state index < -0.39 is 33.8 Å². The predicted molar refractivity (Wildman–Crippen MR) is 163 cm³/mol. The Hall–Kier alpha value is -3.41. The summed E-state index contributed by atoms with van der Waals surface area (Å²) in [4.78, 5) is 10.4. The molecule has 254 valence electrons. The lowest BCUT2D eigenvalue weighted by Gasteiger charge is -2.13. The minimum Gasteiger partial charge on any atom is -1.00 e. The Labute approximate surface area is 284 Å². The number of nitrogens with zero attached hydrogens (tertiary/aromatic N) is 6. The van der Waals surface area contributed by atoms with Crippen molar-refractivity contribution < 1.29 is 63.7 Å². The Morgan fingerprint density at radius 1 is 0.756 bits per heavy atom. The maximum atomic E-state index is 10.9. The zero-order chi connectivity index (χ0) is 32.4. The van der Waals surface area contributed by atoms with E-state index in [1.807, 2.05) is 21.1 Å². The molecule has 0 saturated heterocycles. The van der Waals surface area contributed by atoms with E-state index in [0.29, 0.717) is 6.07 Å². The van der Waals surface area contributed by atoms with E-state index in [2.05, 4.69) is 104 Å². The summed E-state index contributed by atoms with van der Waals surface area (Å²) in [5.74, 6) is -4.29. The SMILES string of the molecule is CCCCn1cc[n+](C)c1.CCCCn1cc[n+](C)c1.CCCCn1cc[n+](C)c1.O=C(O)c1cc(O)c(O)c([O-])c1Cl.[Cl-].[Cl-]. The number of hydrogen-bond donors (Lipinski definition) is 3. The standard InChI is InChI=1S/3C8H15N2.C7H5ClO5.2ClH/c3*1-3-4-5-10-7-6-9(2)8-10;8-4-2(7(12)13)1-3(9)5(10)6(4)11;;/h3*6-8H,3-5H2,1-2H3;1,9-11H,(H,12,13);2*1H/q3*+1;;;/p-3. The van der Waals surface area contributed by atoms with Gasteiger partial charge >= 0.3 is 5.97 Å². The first-order valence-electron chi connectivity index (χ1n) is 14.6. The maximum Gasteiger partial charge on any atom is 0.337 e. The van der Waals surface area contributed by atoms with Crippen LogP contribution in [0.5, 0.6) is 17.2 Å². The third-order valence-corrected chi connectivity index (χ3v) is 6.56. The minimum atomic E-state index is -1.45. The van der Waals surface area contributed by atoms with Gasteiger partial charge in [-0.05, 0) is 31.1 Å². The first-order chi connectivity index (χ1) is 20.4. The molecule has 0 spiro atoms. The van der Waals surface area contributed by atoms with Gasteiger partial charge in [0.1, 0.15) is 37.2 Å². The number of aromatic hydroxyl groups is 2. The molecule has 0 radical (unpaired) electrons. The fourth-order valence-electron chi connectivity index (χ4n) is 3.69. The van der Waals surface area contributed by atoms with E-state index in [1.165, 1.54) is 38.5 Å². The molecule has 11 nitrogen and oxygen atoms in total. The molecule has 0 aliphatic rings. The smallest absolute Gasteiger partial charge is 0.337 e. The second kappa shape index (κ2) is 23.9. The molecular formula is C31H49Cl3N6O5. The number of carboxylic acid groups (broad SMARTS) is 1. The van der Waals surface area contributed by atoms with Crippen LogP contribution in [-0.4, -0.2) is 35.0 Å². The van der Waals surface area contributed by atoms with Gasteiger partial charge in [0, 0.05) is 0 Å². The van der Waals surface area contributed by atoms with Crippen LogP contribution in [0.2, 0.25) is 5.02 Å². The van der Waals surface area contributed by atoms with Crippen LogP contribution < -0.4 is 43.6 Å². The van der Waals surface area contributed by atoms with Crippen molar-refractivity contribution in [3.8, 4) is 17.2 Å². The first kappa shape index (κ1) is 43.7. The Bertz CT molecular complexity index is 1270. The fourth-order valence-corrected chi connectivity index (χ4v) is 3.92. The highest BCUT2D eigenvalue weighted by atomic mass is 35.5. The van der Waals surface area contributed by atoms with Crippen molar-refractivity contribution in [1.82, 2.24) is 13.7 Å². The molecule has 0 amide bonds. The van der Waals surface area contributed by atoms with Gasteiger partial charge in [-0.2, -0.15) is 0 Å². The Kier molecular flexibility index (Phi) is 23.2. The van der Waals surface area contributed by atoms with Crippen LogP contribution in [0.15, 0.2) is 62.2 Å². The molecular weight excluding hydrogens is 643 g/mol. The molecule has 0 saturated carbocycles. The van der Waals surface area contributed by atoms with Gasteiger partial charge in [0.05, 0.1) is 51.4 Å². The van der Waals surface area contributed by atoms with E-state index in [1.54, 1.807) is 0 Å². The molecule has 4 aromatic rings. The summed E-state index contributed by atoms with van der Waals surface area (Å²) in [7, 11) is 6.13. The Balaban J connectivity index is 0. The molecule has 3 N–H and O–H groups in total. The topological polar surface area (TPSA) is 127 Å². The number of rotatable bonds is 10. The molecule has 14 heteroatoms. The molecule has 0 fully saturated rings. The fraction of sp³-hybridized carbons (Fsp3) is 0.484. The van der Waals surface area contributed by atoms with Gasteiger partial charge in [0.2, 0.25) is 19.0 Å². The Morgan fingerprint density at radius 3 is 1.33 bits per heavy atom. The number of benzene rings is 1. The van der Waals surface area contributed by atoms with Gasteiger partial charge in [0.25, 0.3) is 0 Å². The molecule has 3 heterocycles. The molecule has 0 aliphatic carbocycles. The normalized spacial score (nSPS) is 9.67. The van der Waals surface area contributed by atoms with Crippen LogP contribution in [0, 0.1) is 0 Å². The van der Waals surface area contributed by atoms with Crippen molar-refractivity contribution in [2.45, 2.75) is 78.9 Å². The molecule has 3 aromatic heterocycles. The van der Waals surface area contributed by atoms with Crippen molar-refractivity contribution >= 4 is 17.6 Å². The van der Waals surface area contributed by atoms with Crippen LogP contribution in [0.3, 0.4) is 0 Å². The molecule has 4 rings (SSSR count). The van der Waals surface area contributed by atoms with Gasteiger partial charge in [0.15, 0.2) is 11.5 Å². The Morgan fingerprint density at radius 2 is 1.09 bits per heavy atom. The molecule has 0 unspecified atom stereocenters. The second-order valence-electron chi connectivity index (χ2n) is 10.3. The number of aromatic nitrogens is 6. The predicted octanol–water partition coefficient (Wildman–Crippen LogP) is -2.13. The number of carboxylic acids is 1. The van der Waals surface area contributed by atoms with Crippen LogP contribution in [-0.2, 0) is 40.8 Å². The summed E-state index contributed by atoms with van der Waals surface area (Å²) in [5.41, 5.74) is -0.540. The van der Waals surface area contributed by atoms with Crippen molar-refractivity contribution in [2.24, 2.45) is 21.1 Å². The van der Waals surface area contributed by atoms with E-state index in [4.69, 9.17) is 26.9 Å². The summed E-state index contributed by atoms with van der Waals surface area (Å²) >= 11 is 5.30. The average Bonchev–Trinajstić information content (AvgIpc) is 3.72. The molecule has 0 atom stereocenters. The minimum absolute atomic E-state index is 0. The van der Waals surface area contributed by atoms with E-state index in [0.717, 1.165) is 19.6 Å². The lowest BCUT2D eigenvalue weighted by Crippen LogP contribution is -3.00. The van der Waals surface area contributed by atoms with Crippen molar-refractivity contribution in [1.29, 1.82) is 0 Å². The molecule has 1 aromatic carbocycles. The number of aryl methyl sites for hydroxylation is 6. The third-order valence-electron chi connectivity index (χ3n) is 6.19. The lowest BCUT2D eigenvalue weighted by molar-refractivity contribution is -0.671. The number of unbranched alkanes of at least 4 members (excludes halogenated alkanes) is 3. The van der Waals surface area contributed by atoms with Crippen molar-refractivity contribution in [2.75, 3.05) is 0 Å². The molecule has 0 bridgehead atoms. The largest absolute Gasteiger partial charge is 1.00 e. The number of aromatic carboxylic acids is 1. The summed E-state index contributed by atoms with van der Waals surface area (Å²) < 4.78 is 12.8. The monoisotopic (exact) mass is 690 g/mol. The summed E-state index contributed by atoms with van der Waals surface area (Å²) in [6.45, 7) is 10.1. The van der Waals surface area contributed by atoms with Crippen LogP contribution in [0.25, 0.3) is 0 Å². The number of hydrogen-bond acceptors (Lipinski definition) is 4. The van der Waals surface area contributed by atoms with E-state index >= 15 is 0 Å². The highest BCUT2D eigenvalue weighted by Crippen LogP contribution is 2.40. The summed E-state index contributed by atoms with van der Waals surface area (Å²) in [6.07, 6.45) is 26.5. The van der Waals surface area contributed by atoms with Gasteiger partial charge in [-0.25, -0.2) is 32.2 Å². The van der Waals surface area contributed by atoms with Crippen LogP contribution >= 0.6 is 11.6 Å². The molecule has 0 aliphatic heterocycles. The number of phenolic OH excluding ortho intramolecular Hbond substituents is 2. The third kappa shape index (κ3) is 17.0. The van der Waals surface area contributed by atoms with Crippen molar-refractivity contribution in [3.05, 3.63) is 72.8 Å². The highest BCUT2D eigenvalue weighted by Gasteiger charge is 2.14. The van der Waals surface area contributed by atoms with E-state index in [9.17, 15) is 9.90 Å². The van der Waals surface area contributed by atoms with Crippen LogP contribution in [0.4, 0.5) is 0 Å². The van der Waals surface area contributed by atoms with Gasteiger partial charge in [-0.3, -0.25) is 0 Å².